The van der Waals surface area contributed by atoms with E-state index < -0.39 is 6.04 Å². The summed E-state index contributed by atoms with van der Waals surface area (Å²) in [6.45, 7) is 4.24. The molecule has 1 atom stereocenters. The molecule has 0 aromatic heterocycles. The lowest BCUT2D eigenvalue weighted by atomic mass is 10.0. The van der Waals surface area contributed by atoms with Gasteiger partial charge in [-0.2, -0.15) is 0 Å². The minimum atomic E-state index is -0.648. The number of anilines is 1. The fourth-order valence-corrected chi connectivity index (χ4v) is 1.41. The van der Waals surface area contributed by atoms with Gasteiger partial charge in [-0.05, 0) is 23.6 Å². The molecule has 0 aliphatic carbocycles. The first-order chi connectivity index (χ1) is 8.04. The van der Waals surface area contributed by atoms with Crippen LogP contribution in [-0.2, 0) is 4.79 Å². The molecule has 1 rings (SSSR count). The topological polar surface area (TPSA) is 55.1 Å². The van der Waals surface area contributed by atoms with Crippen LogP contribution < -0.4 is 11.1 Å². The summed E-state index contributed by atoms with van der Waals surface area (Å²) in [7, 11) is 0. The number of carbonyl (C=O) groups excluding carboxylic acids is 1. The number of benzene rings is 1. The molecule has 3 nitrogen and oxygen atoms in total. The Hall–Kier alpha value is -1.79. The predicted octanol–water partition coefficient (Wildman–Crippen LogP) is 2.10. The number of nitrogens with two attached hydrogens (primary N) is 1. The number of nitrogens with one attached hydrogen (secondary N) is 1. The van der Waals surface area contributed by atoms with Crippen LogP contribution in [0.4, 0.5) is 5.69 Å². The van der Waals surface area contributed by atoms with Crippen LogP contribution in [-0.4, -0.2) is 11.9 Å². The Bertz CT molecular complexity index is 415. The van der Waals surface area contributed by atoms with Gasteiger partial charge >= 0.3 is 0 Å². The van der Waals surface area contributed by atoms with Crippen molar-refractivity contribution in [1.82, 2.24) is 0 Å². The Labute approximate surface area is 102 Å². The van der Waals surface area contributed by atoms with Crippen LogP contribution >= 0.6 is 0 Å². The molecule has 0 heterocycles. The molecular formula is C14H18N2O. The second-order valence-corrected chi connectivity index (χ2v) is 4.28. The SMILES string of the molecule is C#CCC(N)C(=O)Nc1ccc(C(C)C)cc1. The van der Waals surface area contributed by atoms with E-state index in [0.29, 0.717) is 5.92 Å². The Morgan fingerprint density at radius 3 is 2.47 bits per heavy atom. The molecule has 1 amide bonds. The van der Waals surface area contributed by atoms with Crippen molar-refractivity contribution in [3.8, 4) is 12.3 Å². The molecule has 0 aliphatic rings. The third kappa shape index (κ3) is 3.93. The zero-order chi connectivity index (χ0) is 12.8. The monoisotopic (exact) mass is 230 g/mol. The summed E-state index contributed by atoms with van der Waals surface area (Å²) in [6, 6.07) is 7.08. The fraction of sp³-hybridized carbons (Fsp3) is 0.357. The van der Waals surface area contributed by atoms with Crippen LogP contribution in [0, 0.1) is 12.3 Å². The molecule has 0 spiro atoms. The van der Waals surface area contributed by atoms with Gasteiger partial charge in [0.1, 0.15) is 0 Å². The van der Waals surface area contributed by atoms with Gasteiger partial charge in [0.05, 0.1) is 6.04 Å². The molecule has 0 radical (unpaired) electrons. The van der Waals surface area contributed by atoms with Gasteiger partial charge < -0.3 is 11.1 Å². The highest BCUT2D eigenvalue weighted by Gasteiger charge is 2.11. The Morgan fingerprint density at radius 2 is 2.00 bits per heavy atom. The average Bonchev–Trinajstić information content (AvgIpc) is 2.30. The maximum Gasteiger partial charge on any atom is 0.242 e. The van der Waals surface area contributed by atoms with Crippen molar-refractivity contribution < 1.29 is 4.79 Å². The molecule has 0 saturated heterocycles. The van der Waals surface area contributed by atoms with E-state index in [4.69, 9.17) is 12.2 Å². The lowest BCUT2D eigenvalue weighted by molar-refractivity contribution is -0.117. The summed E-state index contributed by atoms with van der Waals surface area (Å²) in [5, 5.41) is 2.73. The summed E-state index contributed by atoms with van der Waals surface area (Å²) < 4.78 is 0. The number of rotatable bonds is 4. The van der Waals surface area contributed by atoms with Gasteiger partial charge in [-0.15, -0.1) is 12.3 Å². The number of terminal acetylenes is 1. The number of hydrogen-bond donors (Lipinski definition) is 2. The van der Waals surface area contributed by atoms with Crippen LogP contribution in [0.3, 0.4) is 0 Å². The van der Waals surface area contributed by atoms with Gasteiger partial charge in [0.15, 0.2) is 0 Å². The third-order valence-electron chi connectivity index (χ3n) is 2.52. The number of amides is 1. The summed E-state index contributed by atoms with van der Waals surface area (Å²) in [6.07, 6.45) is 5.35. The van der Waals surface area contributed by atoms with E-state index in [9.17, 15) is 4.79 Å². The second kappa shape index (κ2) is 6.07. The third-order valence-corrected chi connectivity index (χ3v) is 2.52. The van der Waals surface area contributed by atoms with Crippen LogP contribution in [0.5, 0.6) is 0 Å². The Balaban J connectivity index is 2.64. The molecule has 0 bridgehead atoms. The van der Waals surface area contributed by atoms with Gasteiger partial charge in [-0.1, -0.05) is 26.0 Å². The van der Waals surface area contributed by atoms with Crippen molar-refractivity contribution in [1.29, 1.82) is 0 Å². The maximum atomic E-state index is 11.6. The van der Waals surface area contributed by atoms with E-state index in [1.165, 1.54) is 5.56 Å². The molecule has 90 valence electrons. The predicted molar refractivity (Wildman–Crippen MR) is 70.6 cm³/mol. The summed E-state index contributed by atoms with van der Waals surface area (Å²) in [4.78, 5) is 11.6. The van der Waals surface area contributed by atoms with Crippen LogP contribution in [0.25, 0.3) is 0 Å². The van der Waals surface area contributed by atoms with Gasteiger partial charge in [-0.25, -0.2) is 0 Å². The average molecular weight is 230 g/mol. The second-order valence-electron chi connectivity index (χ2n) is 4.28. The molecule has 0 aliphatic heterocycles. The van der Waals surface area contributed by atoms with Gasteiger partial charge in [0, 0.05) is 12.1 Å². The molecule has 0 saturated carbocycles. The van der Waals surface area contributed by atoms with Crippen molar-refractivity contribution in [3.05, 3.63) is 29.8 Å². The summed E-state index contributed by atoms with van der Waals surface area (Å²) in [5.41, 5.74) is 7.57. The summed E-state index contributed by atoms with van der Waals surface area (Å²) in [5.74, 6) is 2.60. The highest BCUT2D eigenvalue weighted by atomic mass is 16.2. The molecular weight excluding hydrogens is 212 g/mol. The minimum absolute atomic E-state index is 0.246. The van der Waals surface area contributed by atoms with E-state index in [1.54, 1.807) is 0 Å². The number of carbonyl (C=O) groups is 1. The summed E-state index contributed by atoms with van der Waals surface area (Å²) >= 11 is 0. The van der Waals surface area contributed by atoms with E-state index in [-0.39, 0.29) is 12.3 Å². The van der Waals surface area contributed by atoms with E-state index in [2.05, 4.69) is 25.1 Å². The highest BCUT2D eigenvalue weighted by Crippen LogP contribution is 2.17. The van der Waals surface area contributed by atoms with E-state index in [1.807, 2.05) is 24.3 Å². The zero-order valence-electron chi connectivity index (χ0n) is 10.2. The smallest absolute Gasteiger partial charge is 0.242 e. The quantitative estimate of drug-likeness (QED) is 0.778. The van der Waals surface area contributed by atoms with Crippen LogP contribution in [0.15, 0.2) is 24.3 Å². The lowest BCUT2D eigenvalue weighted by Gasteiger charge is -2.11. The van der Waals surface area contributed by atoms with Crippen LogP contribution in [0.2, 0.25) is 0 Å². The molecule has 0 fully saturated rings. The largest absolute Gasteiger partial charge is 0.325 e. The molecule has 3 N–H and O–H groups in total. The maximum absolute atomic E-state index is 11.6. The van der Waals surface area contributed by atoms with Crippen LogP contribution in [0.1, 0.15) is 31.7 Å². The van der Waals surface area contributed by atoms with Gasteiger partial charge in [0.25, 0.3) is 0 Å². The first-order valence-corrected chi connectivity index (χ1v) is 5.64. The standard InChI is InChI=1S/C14H18N2O/c1-4-5-13(15)14(17)16-12-8-6-11(7-9-12)10(2)3/h1,6-10,13H,5,15H2,2-3H3,(H,16,17). The van der Waals surface area contributed by atoms with Crippen molar-refractivity contribution in [3.63, 3.8) is 0 Å². The van der Waals surface area contributed by atoms with Crippen molar-refractivity contribution in [2.45, 2.75) is 32.2 Å². The first-order valence-electron chi connectivity index (χ1n) is 5.64. The fourth-order valence-electron chi connectivity index (χ4n) is 1.41. The molecule has 1 aromatic carbocycles. The number of hydrogen-bond acceptors (Lipinski definition) is 2. The van der Waals surface area contributed by atoms with Crippen molar-refractivity contribution in [2.24, 2.45) is 5.73 Å². The first kappa shape index (κ1) is 13.3. The van der Waals surface area contributed by atoms with Gasteiger partial charge in [-0.3, -0.25) is 4.79 Å². The lowest BCUT2D eigenvalue weighted by Crippen LogP contribution is -2.35. The minimum Gasteiger partial charge on any atom is -0.325 e. The molecule has 1 unspecified atom stereocenters. The Kier molecular flexibility index (Phi) is 4.74. The zero-order valence-corrected chi connectivity index (χ0v) is 10.2. The van der Waals surface area contributed by atoms with E-state index in [0.717, 1.165) is 5.69 Å². The van der Waals surface area contributed by atoms with Crippen molar-refractivity contribution in [2.75, 3.05) is 5.32 Å². The Morgan fingerprint density at radius 1 is 1.41 bits per heavy atom. The highest BCUT2D eigenvalue weighted by molar-refractivity contribution is 5.94. The normalized spacial score (nSPS) is 11.9. The van der Waals surface area contributed by atoms with E-state index >= 15 is 0 Å². The molecule has 17 heavy (non-hydrogen) atoms. The van der Waals surface area contributed by atoms with Crippen molar-refractivity contribution >= 4 is 11.6 Å². The molecule has 3 heteroatoms. The molecule has 1 aromatic rings. The van der Waals surface area contributed by atoms with Gasteiger partial charge in [0.2, 0.25) is 5.91 Å².